The molecule has 7 heteroatoms. The highest BCUT2D eigenvalue weighted by atomic mass is 16.6. The van der Waals surface area contributed by atoms with Gasteiger partial charge in [0.15, 0.2) is 0 Å². The number of anilines is 1. The molecule has 0 atom stereocenters. The molecule has 0 aromatic heterocycles. The Morgan fingerprint density at radius 1 is 1.17 bits per heavy atom. The van der Waals surface area contributed by atoms with Crippen molar-refractivity contribution in [2.45, 2.75) is 52.2 Å². The van der Waals surface area contributed by atoms with Gasteiger partial charge in [-0.15, -0.1) is 0 Å². The molecule has 1 aromatic carbocycles. The number of piperazine rings is 1. The molecular formula is C23H37N5O2. The third-order valence-corrected chi connectivity index (χ3v) is 5.95. The molecule has 2 fully saturated rings. The molecule has 0 aliphatic carbocycles. The summed E-state index contributed by atoms with van der Waals surface area (Å²) in [4.78, 5) is 19.4. The van der Waals surface area contributed by atoms with Gasteiger partial charge in [-0.3, -0.25) is 14.6 Å². The van der Waals surface area contributed by atoms with Crippen LogP contribution in [0.3, 0.4) is 0 Å². The Morgan fingerprint density at radius 2 is 1.83 bits per heavy atom. The number of likely N-dealkylation sites (tertiary alicyclic amines) is 1. The van der Waals surface area contributed by atoms with Gasteiger partial charge in [0.25, 0.3) is 0 Å². The van der Waals surface area contributed by atoms with Crippen molar-refractivity contribution in [3.05, 3.63) is 29.3 Å². The third kappa shape index (κ3) is 6.19. The van der Waals surface area contributed by atoms with E-state index in [1.165, 1.54) is 11.3 Å². The number of nitrogens with two attached hydrogens (primary N) is 1. The van der Waals surface area contributed by atoms with E-state index in [1.807, 2.05) is 20.8 Å². The highest BCUT2D eigenvalue weighted by Gasteiger charge is 2.29. The van der Waals surface area contributed by atoms with E-state index in [4.69, 9.17) is 10.6 Å². The third-order valence-electron chi connectivity index (χ3n) is 5.95. The Balaban J connectivity index is 1.45. The largest absolute Gasteiger partial charge is 0.459 e. The molecule has 0 saturated carbocycles. The fraction of sp³-hybridized carbons (Fsp3) is 0.652. The van der Waals surface area contributed by atoms with Gasteiger partial charge in [-0.05, 0) is 63.8 Å². The van der Waals surface area contributed by atoms with E-state index in [2.05, 4.69) is 44.9 Å². The zero-order chi connectivity index (χ0) is 21.7. The van der Waals surface area contributed by atoms with Gasteiger partial charge in [0.05, 0.1) is 12.8 Å². The van der Waals surface area contributed by atoms with Crippen molar-refractivity contribution in [2.24, 2.45) is 10.9 Å². The molecule has 0 radical (unpaired) electrons. The maximum Gasteiger partial charge on any atom is 0.320 e. The first-order valence-electron chi connectivity index (χ1n) is 11.0. The molecule has 166 valence electrons. The van der Waals surface area contributed by atoms with Crippen LogP contribution in [0.1, 0.15) is 44.7 Å². The Kier molecular flexibility index (Phi) is 7.36. The lowest BCUT2D eigenvalue weighted by atomic mass is 10.0. The fourth-order valence-electron chi connectivity index (χ4n) is 4.53. The highest BCUT2D eigenvalue weighted by Crippen LogP contribution is 2.24. The van der Waals surface area contributed by atoms with Crippen LogP contribution in [0.15, 0.2) is 23.3 Å². The first-order chi connectivity index (χ1) is 14.2. The lowest BCUT2D eigenvalue weighted by molar-refractivity contribution is -0.156. The molecule has 2 aliphatic rings. The van der Waals surface area contributed by atoms with Crippen molar-refractivity contribution >= 4 is 17.9 Å². The van der Waals surface area contributed by atoms with Crippen LogP contribution in [-0.2, 0) is 9.53 Å². The first-order valence-corrected chi connectivity index (χ1v) is 11.0. The zero-order valence-electron chi connectivity index (χ0n) is 18.9. The number of aryl methyl sites for hydroxylation is 1. The van der Waals surface area contributed by atoms with Gasteiger partial charge in [-0.1, -0.05) is 6.07 Å². The minimum absolute atomic E-state index is 0.117. The molecule has 2 saturated heterocycles. The number of piperidine rings is 1. The van der Waals surface area contributed by atoms with Crippen LogP contribution >= 0.6 is 0 Å². The van der Waals surface area contributed by atoms with Crippen LogP contribution in [0.5, 0.6) is 0 Å². The van der Waals surface area contributed by atoms with Gasteiger partial charge >= 0.3 is 5.97 Å². The number of hydrogen-bond donors (Lipinski definition) is 1. The van der Waals surface area contributed by atoms with E-state index in [0.717, 1.165) is 57.7 Å². The summed E-state index contributed by atoms with van der Waals surface area (Å²) in [6.45, 7) is 14.5. The minimum Gasteiger partial charge on any atom is -0.459 e. The second kappa shape index (κ2) is 9.79. The van der Waals surface area contributed by atoms with E-state index in [1.54, 1.807) is 6.21 Å². The summed E-state index contributed by atoms with van der Waals surface area (Å²) < 4.78 is 5.46. The molecule has 0 bridgehead atoms. The number of ether oxygens (including phenoxy) is 1. The maximum absolute atomic E-state index is 12.1. The number of benzene rings is 1. The average molecular weight is 416 g/mol. The molecule has 2 heterocycles. The van der Waals surface area contributed by atoms with Gasteiger partial charge in [-0.25, -0.2) is 0 Å². The first kappa shape index (κ1) is 22.6. The van der Waals surface area contributed by atoms with Gasteiger partial charge < -0.3 is 15.5 Å². The number of hydrogen-bond acceptors (Lipinski definition) is 7. The van der Waals surface area contributed by atoms with Crippen molar-refractivity contribution in [1.29, 1.82) is 0 Å². The van der Waals surface area contributed by atoms with Crippen LogP contribution in [-0.4, -0.2) is 79.4 Å². The number of rotatable bonds is 5. The van der Waals surface area contributed by atoms with E-state index in [9.17, 15) is 4.79 Å². The monoisotopic (exact) mass is 415 g/mol. The predicted molar refractivity (Wildman–Crippen MR) is 122 cm³/mol. The molecule has 1 aromatic rings. The average Bonchev–Trinajstić information content (AvgIpc) is 2.68. The summed E-state index contributed by atoms with van der Waals surface area (Å²) in [5.41, 5.74) is 3.19. The maximum atomic E-state index is 12.1. The summed E-state index contributed by atoms with van der Waals surface area (Å²) in [6.07, 6.45) is 3.92. The van der Waals surface area contributed by atoms with Gasteiger partial charge in [0.2, 0.25) is 0 Å². The zero-order valence-corrected chi connectivity index (χ0v) is 18.9. The fourth-order valence-corrected chi connectivity index (χ4v) is 4.53. The summed E-state index contributed by atoms with van der Waals surface area (Å²) in [5, 5.41) is 3.61. The van der Waals surface area contributed by atoms with Crippen molar-refractivity contribution in [2.75, 3.05) is 50.7 Å². The number of hydrazone groups is 1. The van der Waals surface area contributed by atoms with Crippen molar-refractivity contribution in [3.63, 3.8) is 0 Å². The number of esters is 1. The normalized spacial score (nSPS) is 20.1. The smallest absolute Gasteiger partial charge is 0.320 e. The lowest BCUT2D eigenvalue weighted by Gasteiger charge is -2.43. The van der Waals surface area contributed by atoms with Crippen LogP contribution in [0, 0.1) is 6.92 Å². The molecular weight excluding hydrogens is 378 g/mol. The van der Waals surface area contributed by atoms with Crippen molar-refractivity contribution in [3.8, 4) is 0 Å². The Morgan fingerprint density at radius 3 is 2.40 bits per heavy atom. The van der Waals surface area contributed by atoms with Gasteiger partial charge in [-0.2, -0.15) is 5.10 Å². The van der Waals surface area contributed by atoms with Crippen LogP contribution in [0.4, 0.5) is 5.69 Å². The molecule has 2 aliphatic heterocycles. The second-order valence-corrected chi connectivity index (χ2v) is 9.44. The molecule has 7 nitrogen and oxygen atoms in total. The summed E-state index contributed by atoms with van der Waals surface area (Å²) in [6, 6.07) is 7.01. The summed E-state index contributed by atoms with van der Waals surface area (Å²) in [5.74, 6) is 5.14. The van der Waals surface area contributed by atoms with E-state index < -0.39 is 5.60 Å². The van der Waals surface area contributed by atoms with Gasteiger partial charge in [0.1, 0.15) is 5.60 Å². The van der Waals surface area contributed by atoms with Gasteiger partial charge in [0, 0.05) is 51.0 Å². The molecule has 0 spiro atoms. The Bertz CT molecular complexity index is 742. The SMILES string of the molecule is Cc1cc(C=NN)ccc1N1CCN(C2CCN(CC(=O)OC(C)(C)C)CC2)CC1. The van der Waals surface area contributed by atoms with Crippen LogP contribution < -0.4 is 10.7 Å². The molecule has 0 unspecified atom stereocenters. The molecule has 3 rings (SSSR count). The van der Waals surface area contributed by atoms with E-state index >= 15 is 0 Å². The van der Waals surface area contributed by atoms with E-state index in [-0.39, 0.29) is 5.97 Å². The minimum atomic E-state index is -0.411. The quantitative estimate of drug-likeness (QED) is 0.344. The Labute approximate surface area is 180 Å². The predicted octanol–water partition coefficient (Wildman–Crippen LogP) is 2.22. The number of carbonyl (C=O) groups excluding carboxylic acids is 1. The number of carbonyl (C=O) groups is 1. The lowest BCUT2D eigenvalue weighted by Crippen LogP contribution is -2.53. The highest BCUT2D eigenvalue weighted by molar-refractivity contribution is 5.81. The van der Waals surface area contributed by atoms with Crippen LogP contribution in [0.2, 0.25) is 0 Å². The second-order valence-electron chi connectivity index (χ2n) is 9.44. The summed E-state index contributed by atoms with van der Waals surface area (Å²) >= 11 is 0. The summed E-state index contributed by atoms with van der Waals surface area (Å²) in [7, 11) is 0. The van der Waals surface area contributed by atoms with Crippen LogP contribution in [0.25, 0.3) is 0 Å². The standard InChI is InChI=1S/C23H37N5O2/c1-18-15-19(16-25-24)5-6-21(18)28-13-11-27(12-14-28)20-7-9-26(10-8-20)17-22(29)30-23(2,3)4/h5-6,15-16,20H,7-14,17,24H2,1-4H3. The molecule has 2 N–H and O–H groups in total. The van der Waals surface area contributed by atoms with Crippen molar-refractivity contribution < 1.29 is 9.53 Å². The van der Waals surface area contributed by atoms with Crippen molar-refractivity contribution in [1.82, 2.24) is 9.80 Å². The molecule has 30 heavy (non-hydrogen) atoms. The van der Waals surface area contributed by atoms with E-state index in [0.29, 0.717) is 12.6 Å². The Hall–Kier alpha value is -2.12. The molecule has 0 amide bonds. The number of nitrogens with zero attached hydrogens (tertiary/aromatic N) is 4. The topological polar surface area (TPSA) is 74.4 Å².